The number of rotatable bonds is 16. The minimum absolute atomic E-state index is 0.0505. The maximum atomic E-state index is 12.7. The lowest BCUT2D eigenvalue weighted by molar-refractivity contribution is -0.145. The van der Waals surface area contributed by atoms with Crippen LogP contribution in [0.2, 0.25) is 0 Å². The van der Waals surface area contributed by atoms with Gasteiger partial charge in [0.05, 0.1) is 6.61 Å². The van der Waals surface area contributed by atoms with E-state index in [0.717, 1.165) is 12.2 Å². The fraction of sp³-hybridized carbons (Fsp3) is 0.731. The minimum Gasteiger partial charge on any atom is -0.465 e. The van der Waals surface area contributed by atoms with Gasteiger partial charge in [-0.1, -0.05) is 122 Å². The molecule has 0 saturated carbocycles. The zero-order valence-electron chi connectivity index (χ0n) is 19.4. The van der Waals surface area contributed by atoms with E-state index >= 15 is 0 Å². The zero-order chi connectivity index (χ0) is 21.4. The van der Waals surface area contributed by atoms with Gasteiger partial charge in [0.25, 0.3) is 0 Å². The van der Waals surface area contributed by atoms with E-state index in [9.17, 15) is 4.79 Å². The van der Waals surface area contributed by atoms with Gasteiger partial charge in [-0.15, -0.1) is 11.8 Å². The molecule has 2 nitrogen and oxygen atoms in total. The van der Waals surface area contributed by atoms with E-state index in [1.807, 2.05) is 18.2 Å². The average molecular weight is 421 g/mol. The highest BCUT2D eigenvalue weighted by Gasteiger charge is 2.33. The van der Waals surface area contributed by atoms with Crippen LogP contribution in [-0.4, -0.2) is 17.8 Å². The highest BCUT2D eigenvalue weighted by atomic mass is 32.2. The molecule has 0 aromatic heterocycles. The van der Waals surface area contributed by atoms with Gasteiger partial charge in [-0.25, -0.2) is 0 Å². The number of ether oxygens (including phenoxy) is 1. The van der Waals surface area contributed by atoms with Gasteiger partial charge in [-0.3, -0.25) is 4.79 Å². The number of hydrogen-bond acceptors (Lipinski definition) is 3. The van der Waals surface area contributed by atoms with Crippen LogP contribution in [0.25, 0.3) is 0 Å². The second-order valence-corrected chi connectivity index (χ2v) is 10.3. The minimum atomic E-state index is -0.129. The molecule has 0 amide bonds. The Balaban J connectivity index is 2.14. The van der Waals surface area contributed by atoms with E-state index in [1.54, 1.807) is 11.8 Å². The monoisotopic (exact) mass is 420 g/mol. The van der Waals surface area contributed by atoms with Gasteiger partial charge in [-0.2, -0.15) is 0 Å². The number of benzene rings is 1. The molecule has 0 fully saturated rings. The first kappa shape index (κ1) is 26.1. The summed E-state index contributed by atoms with van der Waals surface area (Å²) in [4.78, 5) is 12.7. The predicted octanol–water partition coefficient (Wildman–Crippen LogP) is 8.19. The molecule has 0 saturated heterocycles. The summed E-state index contributed by atoms with van der Waals surface area (Å²) in [5, 5.41) is -0.129. The quantitative estimate of drug-likeness (QED) is 0.199. The van der Waals surface area contributed by atoms with Gasteiger partial charge < -0.3 is 4.74 Å². The Morgan fingerprint density at radius 2 is 1.38 bits per heavy atom. The molecule has 1 aromatic rings. The maximum absolute atomic E-state index is 12.7. The summed E-state index contributed by atoms with van der Waals surface area (Å²) < 4.78 is 5.64. The zero-order valence-corrected chi connectivity index (χ0v) is 20.2. The SMILES string of the molecule is CCCCCCCCCCCCCOC(=O)C(SCc1ccccc1)C(C)(C)C. The summed E-state index contributed by atoms with van der Waals surface area (Å²) in [6.07, 6.45) is 14.4. The molecule has 0 spiro atoms. The standard InChI is InChI=1S/C26H44O2S/c1-5-6-7-8-9-10-11-12-13-14-18-21-28-25(27)24(26(2,3)4)29-22-23-19-16-15-17-20-23/h15-17,19-20,24H,5-14,18,21-22H2,1-4H3. The summed E-state index contributed by atoms with van der Waals surface area (Å²) in [6.45, 7) is 9.20. The smallest absolute Gasteiger partial charge is 0.319 e. The van der Waals surface area contributed by atoms with Crippen molar-refractivity contribution >= 4 is 17.7 Å². The van der Waals surface area contributed by atoms with Gasteiger partial charge in [0, 0.05) is 5.75 Å². The summed E-state index contributed by atoms with van der Waals surface area (Å²) in [5.41, 5.74) is 1.15. The number of unbranched alkanes of at least 4 members (excludes halogenated alkanes) is 10. The van der Waals surface area contributed by atoms with Crippen LogP contribution in [0.3, 0.4) is 0 Å². The first-order valence-corrected chi connectivity index (χ1v) is 12.8. The van der Waals surface area contributed by atoms with E-state index in [4.69, 9.17) is 4.74 Å². The van der Waals surface area contributed by atoms with Crippen molar-refractivity contribution in [2.45, 2.75) is 109 Å². The van der Waals surface area contributed by atoms with Crippen LogP contribution < -0.4 is 0 Å². The Morgan fingerprint density at radius 3 is 1.90 bits per heavy atom. The summed E-state index contributed by atoms with van der Waals surface area (Å²) in [7, 11) is 0. The third-order valence-corrected chi connectivity index (χ3v) is 6.99. The Bertz CT molecular complexity index is 521. The Labute approximate surface area is 184 Å². The lowest BCUT2D eigenvalue weighted by Gasteiger charge is -2.28. The lowest BCUT2D eigenvalue weighted by Crippen LogP contribution is -2.33. The molecule has 1 atom stereocenters. The van der Waals surface area contributed by atoms with Gasteiger partial charge in [0.2, 0.25) is 0 Å². The molecular formula is C26H44O2S. The molecule has 0 heterocycles. The van der Waals surface area contributed by atoms with Crippen LogP contribution in [0.1, 0.15) is 104 Å². The van der Waals surface area contributed by atoms with Gasteiger partial charge in [0.15, 0.2) is 0 Å². The van der Waals surface area contributed by atoms with Crippen molar-refractivity contribution in [2.24, 2.45) is 5.41 Å². The summed E-state index contributed by atoms with van der Waals surface area (Å²) >= 11 is 1.70. The molecule has 1 rings (SSSR count). The first-order chi connectivity index (χ1) is 13.9. The molecule has 1 aromatic carbocycles. The number of thioether (sulfide) groups is 1. The molecule has 0 aliphatic heterocycles. The Morgan fingerprint density at radius 1 is 0.862 bits per heavy atom. The van der Waals surface area contributed by atoms with E-state index in [1.165, 1.54) is 69.8 Å². The number of carbonyl (C=O) groups is 1. The fourth-order valence-corrected chi connectivity index (χ4v) is 4.70. The van der Waals surface area contributed by atoms with E-state index in [-0.39, 0.29) is 16.6 Å². The van der Waals surface area contributed by atoms with E-state index in [2.05, 4.69) is 39.8 Å². The fourth-order valence-electron chi connectivity index (χ4n) is 3.44. The van der Waals surface area contributed by atoms with Crippen LogP contribution in [0.15, 0.2) is 30.3 Å². The normalized spacial score (nSPS) is 12.7. The molecule has 166 valence electrons. The predicted molar refractivity (Wildman–Crippen MR) is 128 cm³/mol. The molecule has 0 bridgehead atoms. The lowest BCUT2D eigenvalue weighted by atomic mass is 9.92. The summed E-state index contributed by atoms with van der Waals surface area (Å²) in [6, 6.07) is 10.4. The number of carbonyl (C=O) groups excluding carboxylic acids is 1. The van der Waals surface area contributed by atoms with Crippen molar-refractivity contribution in [3.05, 3.63) is 35.9 Å². The van der Waals surface area contributed by atoms with Gasteiger partial charge >= 0.3 is 5.97 Å². The Hall–Kier alpha value is -0.960. The third kappa shape index (κ3) is 13.1. The van der Waals surface area contributed by atoms with Crippen molar-refractivity contribution < 1.29 is 9.53 Å². The second kappa shape index (κ2) is 15.8. The van der Waals surface area contributed by atoms with Crippen molar-refractivity contribution in [3.8, 4) is 0 Å². The molecule has 29 heavy (non-hydrogen) atoms. The Kier molecular flexibility index (Phi) is 14.2. The van der Waals surface area contributed by atoms with E-state index in [0.29, 0.717) is 6.61 Å². The molecular weight excluding hydrogens is 376 g/mol. The highest BCUT2D eigenvalue weighted by Crippen LogP contribution is 2.33. The van der Waals surface area contributed by atoms with E-state index < -0.39 is 0 Å². The maximum Gasteiger partial charge on any atom is 0.319 e. The van der Waals surface area contributed by atoms with Crippen molar-refractivity contribution in [2.75, 3.05) is 6.61 Å². The average Bonchev–Trinajstić information content (AvgIpc) is 2.68. The van der Waals surface area contributed by atoms with Gasteiger partial charge in [0.1, 0.15) is 5.25 Å². The van der Waals surface area contributed by atoms with Crippen molar-refractivity contribution in [1.82, 2.24) is 0 Å². The molecule has 0 N–H and O–H groups in total. The molecule has 0 radical (unpaired) electrons. The third-order valence-electron chi connectivity index (χ3n) is 5.25. The second-order valence-electron chi connectivity index (χ2n) is 9.25. The summed E-state index contributed by atoms with van der Waals surface area (Å²) in [5.74, 6) is 0.793. The highest BCUT2D eigenvalue weighted by molar-refractivity contribution is 7.99. The van der Waals surface area contributed by atoms with Crippen LogP contribution in [0, 0.1) is 5.41 Å². The molecule has 3 heteroatoms. The van der Waals surface area contributed by atoms with Crippen LogP contribution in [0.4, 0.5) is 0 Å². The largest absolute Gasteiger partial charge is 0.465 e. The van der Waals surface area contributed by atoms with Crippen LogP contribution in [0.5, 0.6) is 0 Å². The first-order valence-electron chi connectivity index (χ1n) is 11.8. The topological polar surface area (TPSA) is 26.3 Å². The molecule has 0 aliphatic carbocycles. The number of hydrogen-bond donors (Lipinski definition) is 0. The van der Waals surface area contributed by atoms with Gasteiger partial charge in [-0.05, 0) is 17.4 Å². The molecule has 0 aliphatic rings. The van der Waals surface area contributed by atoms with Crippen molar-refractivity contribution in [3.63, 3.8) is 0 Å². The molecule has 1 unspecified atom stereocenters. The van der Waals surface area contributed by atoms with Crippen LogP contribution in [-0.2, 0) is 15.3 Å². The van der Waals surface area contributed by atoms with Crippen molar-refractivity contribution in [1.29, 1.82) is 0 Å². The van der Waals surface area contributed by atoms with Crippen LogP contribution >= 0.6 is 11.8 Å². The number of esters is 1.